The van der Waals surface area contributed by atoms with Crippen LogP contribution in [0.3, 0.4) is 0 Å². The molecule has 110 valence electrons. The molecule has 1 aromatic rings. The van der Waals surface area contributed by atoms with Crippen molar-refractivity contribution in [3.63, 3.8) is 0 Å². The number of likely N-dealkylation sites (tertiary alicyclic amines) is 1. The van der Waals surface area contributed by atoms with Crippen LogP contribution < -0.4 is 5.32 Å². The fourth-order valence-corrected chi connectivity index (χ4v) is 2.61. The molecule has 0 saturated carbocycles. The number of halogens is 3. The number of hydrogen-bond donors (Lipinski definition) is 2. The van der Waals surface area contributed by atoms with E-state index in [0.717, 1.165) is 12.8 Å². The first-order chi connectivity index (χ1) is 9.47. The minimum atomic E-state index is -0.867. The van der Waals surface area contributed by atoms with E-state index < -0.39 is 6.09 Å². The van der Waals surface area contributed by atoms with Gasteiger partial charge in [0, 0.05) is 19.6 Å². The number of rotatable bonds is 3. The minimum Gasteiger partial charge on any atom is -0.465 e. The molecule has 2 rings (SSSR count). The molecule has 6 nitrogen and oxygen atoms in total. The Hall–Kier alpha value is -0.980. The summed E-state index contributed by atoms with van der Waals surface area (Å²) in [5, 5.41) is 12.3. The summed E-state index contributed by atoms with van der Waals surface area (Å²) in [7, 11) is 0. The first kappa shape index (κ1) is 15.4. The second kappa shape index (κ2) is 6.65. The summed E-state index contributed by atoms with van der Waals surface area (Å²) in [6.45, 7) is 1.72. The Labute approximate surface area is 131 Å². The molecule has 0 bridgehead atoms. The van der Waals surface area contributed by atoms with Gasteiger partial charge >= 0.3 is 6.09 Å². The summed E-state index contributed by atoms with van der Waals surface area (Å²) in [6.07, 6.45) is 0.723. The van der Waals surface area contributed by atoms with E-state index in [2.05, 4.69) is 15.3 Å². The van der Waals surface area contributed by atoms with Crippen molar-refractivity contribution in [1.29, 1.82) is 0 Å². The van der Waals surface area contributed by atoms with E-state index in [4.69, 9.17) is 39.9 Å². The van der Waals surface area contributed by atoms with Crippen LogP contribution in [0.4, 0.5) is 10.6 Å². The lowest BCUT2D eigenvalue weighted by Gasteiger charge is -2.30. The first-order valence-electron chi connectivity index (χ1n) is 6.07. The topological polar surface area (TPSA) is 78.4 Å². The molecule has 1 aliphatic heterocycles. The minimum absolute atomic E-state index is 0.0302. The van der Waals surface area contributed by atoms with Crippen molar-refractivity contribution < 1.29 is 9.90 Å². The first-order valence-corrected chi connectivity index (χ1v) is 7.21. The molecule has 0 atom stereocenters. The summed E-state index contributed by atoms with van der Waals surface area (Å²) >= 11 is 17.5. The normalized spacial score (nSPS) is 16.2. The lowest BCUT2D eigenvalue weighted by molar-refractivity contribution is 0.126. The standard InChI is InChI=1S/C11H13Cl3N4O2/c12-7-8(13)16-10(14)17-9(7)15-5-6-1-3-18(4-2-6)11(19)20/h6H,1-5H2,(H,19,20)(H,15,16,17). The van der Waals surface area contributed by atoms with E-state index >= 15 is 0 Å². The Balaban J connectivity index is 1.89. The maximum absolute atomic E-state index is 10.8. The zero-order valence-electron chi connectivity index (χ0n) is 10.4. The number of aromatic nitrogens is 2. The highest BCUT2D eigenvalue weighted by Crippen LogP contribution is 2.28. The molecule has 0 unspecified atom stereocenters. The van der Waals surface area contributed by atoms with Crippen LogP contribution in [-0.4, -0.2) is 45.7 Å². The highest BCUT2D eigenvalue weighted by atomic mass is 35.5. The van der Waals surface area contributed by atoms with Crippen LogP contribution in [0.25, 0.3) is 0 Å². The highest BCUT2D eigenvalue weighted by molar-refractivity contribution is 6.43. The fraction of sp³-hybridized carbons (Fsp3) is 0.545. The molecular weight excluding hydrogens is 327 g/mol. The van der Waals surface area contributed by atoms with Crippen LogP contribution in [0.1, 0.15) is 12.8 Å². The van der Waals surface area contributed by atoms with E-state index in [-0.39, 0.29) is 15.5 Å². The van der Waals surface area contributed by atoms with E-state index in [0.29, 0.717) is 31.4 Å². The third-order valence-corrected chi connectivity index (χ3v) is 4.12. The molecular formula is C11H13Cl3N4O2. The lowest BCUT2D eigenvalue weighted by Crippen LogP contribution is -2.39. The van der Waals surface area contributed by atoms with Gasteiger partial charge in [-0.15, -0.1) is 0 Å². The van der Waals surface area contributed by atoms with Gasteiger partial charge in [0.2, 0.25) is 5.28 Å². The van der Waals surface area contributed by atoms with Gasteiger partial charge in [0.1, 0.15) is 5.02 Å². The van der Waals surface area contributed by atoms with Crippen LogP contribution in [0, 0.1) is 5.92 Å². The molecule has 1 aliphatic rings. The largest absolute Gasteiger partial charge is 0.465 e. The average Bonchev–Trinajstić information content (AvgIpc) is 2.41. The van der Waals surface area contributed by atoms with Crippen molar-refractivity contribution >= 4 is 46.7 Å². The van der Waals surface area contributed by atoms with Gasteiger partial charge in [0.15, 0.2) is 11.0 Å². The van der Waals surface area contributed by atoms with Crippen LogP contribution in [0.15, 0.2) is 0 Å². The van der Waals surface area contributed by atoms with Gasteiger partial charge < -0.3 is 15.3 Å². The Morgan fingerprint density at radius 2 is 1.95 bits per heavy atom. The van der Waals surface area contributed by atoms with Crippen LogP contribution >= 0.6 is 34.8 Å². The number of piperidine rings is 1. The average molecular weight is 340 g/mol. The van der Waals surface area contributed by atoms with Crippen molar-refractivity contribution in [1.82, 2.24) is 14.9 Å². The van der Waals surface area contributed by atoms with Gasteiger partial charge in [0.05, 0.1) is 0 Å². The predicted molar refractivity (Wildman–Crippen MR) is 77.9 cm³/mol. The molecule has 1 fully saturated rings. The quantitative estimate of drug-likeness (QED) is 0.653. The maximum Gasteiger partial charge on any atom is 0.407 e. The molecule has 1 saturated heterocycles. The number of carbonyl (C=O) groups is 1. The van der Waals surface area contributed by atoms with Crippen LogP contribution in [-0.2, 0) is 0 Å². The van der Waals surface area contributed by atoms with Gasteiger partial charge in [-0.1, -0.05) is 23.2 Å². The van der Waals surface area contributed by atoms with E-state index in [1.54, 1.807) is 0 Å². The van der Waals surface area contributed by atoms with Crippen LogP contribution in [0.5, 0.6) is 0 Å². The highest BCUT2D eigenvalue weighted by Gasteiger charge is 2.22. The SMILES string of the molecule is O=C(O)N1CCC(CNc2nc(Cl)nc(Cl)c2Cl)CC1. The maximum atomic E-state index is 10.8. The van der Waals surface area contributed by atoms with Gasteiger partial charge in [-0.3, -0.25) is 0 Å². The number of nitrogens with one attached hydrogen (secondary N) is 1. The van der Waals surface area contributed by atoms with Gasteiger partial charge in [-0.25, -0.2) is 9.78 Å². The van der Waals surface area contributed by atoms with Crippen molar-refractivity contribution in [3.8, 4) is 0 Å². The number of carboxylic acid groups (broad SMARTS) is 1. The Kier molecular flexibility index (Phi) is 5.12. The molecule has 20 heavy (non-hydrogen) atoms. The lowest BCUT2D eigenvalue weighted by atomic mass is 9.97. The fourth-order valence-electron chi connectivity index (χ4n) is 2.08. The van der Waals surface area contributed by atoms with Gasteiger partial charge in [0.25, 0.3) is 0 Å². The van der Waals surface area contributed by atoms with Crippen molar-refractivity contribution in [2.24, 2.45) is 5.92 Å². The molecule has 1 amide bonds. The van der Waals surface area contributed by atoms with Gasteiger partial charge in [-0.05, 0) is 30.4 Å². The van der Waals surface area contributed by atoms with Crippen molar-refractivity contribution in [2.45, 2.75) is 12.8 Å². The van der Waals surface area contributed by atoms with E-state index in [1.165, 1.54) is 4.90 Å². The molecule has 1 aromatic heterocycles. The Morgan fingerprint density at radius 3 is 2.55 bits per heavy atom. The Morgan fingerprint density at radius 1 is 1.30 bits per heavy atom. The second-order valence-corrected chi connectivity index (χ2v) is 5.61. The molecule has 2 heterocycles. The monoisotopic (exact) mass is 338 g/mol. The summed E-state index contributed by atoms with van der Waals surface area (Å²) in [4.78, 5) is 19.9. The zero-order chi connectivity index (χ0) is 14.7. The zero-order valence-corrected chi connectivity index (χ0v) is 12.7. The van der Waals surface area contributed by atoms with Crippen molar-refractivity contribution in [3.05, 3.63) is 15.5 Å². The molecule has 0 radical (unpaired) electrons. The third kappa shape index (κ3) is 3.77. The molecule has 0 aliphatic carbocycles. The summed E-state index contributed by atoms with van der Waals surface area (Å²) in [6, 6.07) is 0. The van der Waals surface area contributed by atoms with Gasteiger partial charge in [-0.2, -0.15) is 4.98 Å². The predicted octanol–water partition coefficient (Wildman–Crippen LogP) is 3.24. The molecule has 0 spiro atoms. The summed E-state index contributed by atoms with van der Waals surface area (Å²) in [5.41, 5.74) is 0. The summed E-state index contributed by atoms with van der Waals surface area (Å²) < 4.78 is 0. The third-order valence-electron chi connectivity index (χ3n) is 3.23. The molecule has 0 aromatic carbocycles. The number of hydrogen-bond acceptors (Lipinski definition) is 4. The number of amides is 1. The second-order valence-electron chi connectivity index (χ2n) is 4.54. The number of nitrogens with zero attached hydrogens (tertiary/aromatic N) is 3. The Bertz CT molecular complexity index is 507. The van der Waals surface area contributed by atoms with E-state index in [9.17, 15) is 4.79 Å². The van der Waals surface area contributed by atoms with E-state index in [1.807, 2.05) is 0 Å². The number of anilines is 1. The smallest absolute Gasteiger partial charge is 0.407 e. The summed E-state index contributed by atoms with van der Waals surface area (Å²) in [5.74, 6) is 0.756. The van der Waals surface area contributed by atoms with Crippen LogP contribution in [0.2, 0.25) is 15.5 Å². The molecule has 2 N–H and O–H groups in total. The van der Waals surface area contributed by atoms with Crippen molar-refractivity contribution in [2.75, 3.05) is 25.0 Å². The molecule has 9 heteroatoms.